The quantitative estimate of drug-likeness (QED) is 0.799. The standard InChI is InChI=1S/C14H24N2/c1-10(7-15)8-16-9-14-6-12(3)11(2)5-13(14)4/h5-6,10,16H,7-9,15H2,1-4H3. The minimum Gasteiger partial charge on any atom is -0.330 e. The zero-order chi connectivity index (χ0) is 12.1. The van der Waals surface area contributed by atoms with Crippen molar-refractivity contribution < 1.29 is 0 Å². The fourth-order valence-corrected chi connectivity index (χ4v) is 1.75. The Morgan fingerprint density at radius 3 is 2.38 bits per heavy atom. The van der Waals surface area contributed by atoms with Crippen LogP contribution in [0, 0.1) is 26.7 Å². The summed E-state index contributed by atoms with van der Waals surface area (Å²) in [6.07, 6.45) is 0. The van der Waals surface area contributed by atoms with E-state index in [1.54, 1.807) is 0 Å². The maximum absolute atomic E-state index is 5.59. The first-order valence-electron chi connectivity index (χ1n) is 6.02. The summed E-state index contributed by atoms with van der Waals surface area (Å²) in [5.41, 5.74) is 11.1. The Morgan fingerprint density at radius 2 is 1.75 bits per heavy atom. The molecule has 0 spiro atoms. The van der Waals surface area contributed by atoms with Gasteiger partial charge < -0.3 is 11.1 Å². The third-order valence-corrected chi connectivity index (χ3v) is 3.16. The highest BCUT2D eigenvalue weighted by atomic mass is 14.9. The molecule has 0 radical (unpaired) electrons. The summed E-state index contributed by atoms with van der Waals surface area (Å²) in [6, 6.07) is 4.55. The second-order valence-electron chi connectivity index (χ2n) is 4.83. The molecule has 1 atom stereocenters. The highest BCUT2D eigenvalue weighted by Gasteiger charge is 2.03. The zero-order valence-corrected chi connectivity index (χ0v) is 10.9. The molecule has 1 unspecified atom stereocenters. The van der Waals surface area contributed by atoms with E-state index in [0.29, 0.717) is 5.92 Å². The van der Waals surface area contributed by atoms with Crippen molar-refractivity contribution in [2.45, 2.75) is 34.2 Å². The number of hydrogen-bond donors (Lipinski definition) is 2. The molecule has 0 aliphatic carbocycles. The summed E-state index contributed by atoms with van der Waals surface area (Å²) in [4.78, 5) is 0. The van der Waals surface area contributed by atoms with Gasteiger partial charge in [0.15, 0.2) is 0 Å². The fraction of sp³-hybridized carbons (Fsp3) is 0.571. The molecule has 1 rings (SSSR count). The van der Waals surface area contributed by atoms with Crippen molar-refractivity contribution in [2.24, 2.45) is 11.7 Å². The van der Waals surface area contributed by atoms with E-state index in [1.165, 1.54) is 22.3 Å². The number of nitrogens with two attached hydrogens (primary N) is 1. The number of nitrogens with one attached hydrogen (secondary N) is 1. The maximum atomic E-state index is 5.59. The third-order valence-electron chi connectivity index (χ3n) is 3.16. The summed E-state index contributed by atoms with van der Waals surface area (Å²) in [5, 5.41) is 3.46. The first-order chi connectivity index (χ1) is 7.54. The molecule has 0 saturated carbocycles. The minimum absolute atomic E-state index is 0.548. The van der Waals surface area contributed by atoms with Crippen molar-refractivity contribution >= 4 is 0 Å². The van der Waals surface area contributed by atoms with E-state index in [1.807, 2.05) is 0 Å². The molecule has 0 amide bonds. The molecule has 16 heavy (non-hydrogen) atoms. The van der Waals surface area contributed by atoms with Gasteiger partial charge in [0, 0.05) is 6.54 Å². The lowest BCUT2D eigenvalue weighted by molar-refractivity contribution is 0.521. The molecule has 0 aliphatic rings. The van der Waals surface area contributed by atoms with Crippen LogP contribution in [-0.4, -0.2) is 13.1 Å². The number of hydrogen-bond acceptors (Lipinski definition) is 2. The Balaban J connectivity index is 2.57. The molecule has 1 aromatic rings. The van der Waals surface area contributed by atoms with Crippen molar-refractivity contribution in [3.8, 4) is 0 Å². The van der Waals surface area contributed by atoms with E-state index >= 15 is 0 Å². The maximum Gasteiger partial charge on any atom is 0.0208 e. The van der Waals surface area contributed by atoms with Gasteiger partial charge in [-0.15, -0.1) is 0 Å². The summed E-state index contributed by atoms with van der Waals surface area (Å²) >= 11 is 0. The molecule has 3 N–H and O–H groups in total. The predicted molar refractivity (Wildman–Crippen MR) is 70.6 cm³/mol. The van der Waals surface area contributed by atoms with Gasteiger partial charge in [-0.05, 0) is 62.0 Å². The molecule has 0 saturated heterocycles. The lowest BCUT2D eigenvalue weighted by Gasteiger charge is -2.13. The Labute approximate surface area is 99.2 Å². The third kappa shape index (κ3) is 3.62. The van der Waals surface area contributed by atoms with Crippen LogP contribution in [0.15, 0.2) is 12.1 Å². The fourth-order valence-electron chi connectivity index (χ4n) is 1.75. The SMILES string of the molecule is Cc1cc(C)c(CNCC(C)CN)cc1C. The minimum atomic E-state index is 0.548. The molecule has 2 nitrogen and oxygen atoms in total. The molecule has 0 heterocycles. The van der Waals surface area contributed by atoms with Crippen molar-refractivity contribution in [3.05, 3.63) is 34.4 Å². The smallest absolute Gasteiger partial charge is 0.0208 e. The number of aryl methyl sites for hydroxylation is 3. The van der Waals surface area contributed by atoms with Crippen LogP contribution < -0.4 is 11.1 Å². The van der Waals surface area contributed by atoms with Crippen molar-refractivity contribution in [2.75, 3.05) is 13.1 Å². The summed E-state index contributed by atoms with van der Waals surface area (Å²) < 4.78 is 0. The van der Waals surface area contributed by atoms with Crippen LogP contribution in [0.5, 0.6) is 0 Å². The molecule has 90 valence electrons. The van der Waals surface area contributed by atoms with Crippen LogP contribution in [0.4, 0.5) is 0 Å². The molecule has 0 aliphatic heterocycles. The Hall–Kier alpha value is -0.860. The van der Waals surface area contributed by atoms with Crippen LogP contribution in [0.2, 0.25) is 0 Å². The molecule has 0 aromatic heterocycles. The molecule has 2 heteroatoms. The average molecular weight is 220 g/mol. The van der Waals surface area contributed by atoms with Crippen LogP contribution in [-0.2, 0) is 6.54 Å². The second kappa shape index (κ2) is 6.02. The average Bonchev–Trinajstić information content (AvgIpc) is 2.25. The van der Waals surface area contributed by atoms with E-state index < -0.39 is 0 Å². The largest absolute Gasteiger partial charge is 0.330 e. The highest BCUT2D eigenvalue weighted by molar-refractivity contribution is 5.36. The molecular formula is C14H24N2. The lowest BCUT2D eigenvalue weighted by atomic mass is 10.0. The Bertz CT molecular complexity index is 345. The van der Waals surface area contributed by atoms with E-state index in [9.17, 15) is 0 Å². The van der Waals surface area contributed by atoms with Gasteiger partial charge in [-0.25, -0.2) is 0 Å². The van der Waals surface area contributed by atoms with Crippen LogP contribution in [0.3, 0.4) is 0 Å². The van der Waals surface area contributed by atoms with E-state index in [4.69, 9.17) is 5.73 Å². The summed E-state index contributed by atoms with van der Waals surface area (Å²) in [5.74, 6) is 0.548. The van der Waals surface area contributed by atoms with E-state index in [2.05, 4.69) is 45.1 Å². The van der Waals surface area contributed by atoms with Gasteiger partial charge in [0.2, 0.25) is 0 Å². The van der Waals surface area contributed by atoms with Gasteiger partial charge in [-0.1, -0.05) is 19.1 Å². The van der Waals surface area contributed by atoms with Gasteiger partial charge >= 0.3 is 0 Å². The number of rotatable bonds is 5. The predicted octanol–water partition coefficient (Wildman–Crippen LogP) is 2.30. The monoisotopic (exact) mass is 220 g/mol. The van der Waals surface area contributed by atoms with Crippen molar-refractivity contribution in [3.63, 3.8) is 0 Å². The normalized spacial score (nSPS) is 12.8. The zero-order valence-electron chi connectivity index (χ0n) is 10.9. The van der Waals surface area contributed by atoms with Gasteiger partial charge in [-0.2, -0.15) is 0 Å². The molecule has 1 aromatic carbocycles. The Morgan fingerprint density at radius 1 is 1.12 bits per heavy atom. The van der Waals surface area contributed by atoms with Crippen molar-refractivity contribution in [1.29, 1.82) is 0 Å². The van der Waals surface area contributed by atoms with Gasteiger partial charge in [-0.3, -0.25) is 0 Å². The van der Waals surface area contributed by atoms with Gasteiger partial charge in [0.1, 0.15) is 0 Å². The highest BCUT2D eigenvalue weighted by Crippen LogP contribution is 2.15. The number of benzene rings is 1. The van der Waals surface area contributed by atoms with Crippen molar-refractivity contribution in [1.82, 2.24) is 5.32 Å². The summed E-state index contributed by atoms with van der Waals surface area (Å²) in [7, 11) is 0. The second-order valence-corrected chi connectivity index (χ2v) is 4.83. The molecule has 0 bridgehead atoms. The lowest BCUT2D eigenvalue weighted by Crippen LogP contribution is -2.26. The van der Waals surface area contributed by atoms with E-state index in [-0.39, 0.29) is 0 Å². The first kappa shape index (κ1) is 13.2. The van der Waals surface area contributed by atoms with Gasteiger partial charge in [0.05, 0.1) is 0 Å². The Kier molecular flexibility index (Phi) is 4.97. The first-order valence-corrected chi connectivity index (χ1v) is 6.02. The molecule has 0 fully saturated rings. The van der Waals surface area contributed by atoms with Crippen LogP contribution >= 0.6 is 0 Å². The van der Waals surface area contributed by atoms with Crippen LogP contribution in [0.25, 0.3) is 0 Å². The summed E-state index contributed by atoms with van der Waals surface area (Å²) in [6.45, 7) is 11.4. The van der Waals surface area contributed by atoms with Gasteiger partial charge in [0.25, 0.3) is 0 Å². The van der Waals surface area contributed by atoms with E-state index in [0.717, 1.165) is 19.6 Å². The molecular weight excluding hydrogens is 196 g/mol. The topological polar surface area (TPSA) is 38.0 Å². The van der Waals surface area contributed by atoms with Crippen LogP contribution in [0.1, 0.15) is 29.2 Å².